The molecule has 0 bridgehead atoms. The number of hydrogen-bond donors (Lipinski definition) is 1. The van der Waals surface area contributed by atoms with E-state index in [1.165, 1.54) is 0 Å². The van der Waals surface area contributed by atoms with E-state index in [2.05, 4.69) is 0 Å². The van der Waals surface area contributed by atoms with Crippen LogP contribution >= 0.6 is 0 Å². The zero-order valence-electron chi connectivity index (χ0n) is 21.5. The predicted molar refractivity (Wildman–Crippen MR) is 125 cm³/mol. The number of hydrogen-bond acceptors (Lipinski definition) is 8. The third-order valence-electron chi connectivity index (χ3n) is 10.1. The van der Waals surface area contributed by atoms with Crippen LogP contribution in [0.25, 0.3) is 0 Å². The molecule has 3 saturated heterocycles. The second kappa shape index (κ2) is 7.65. The number of cyclic esters (lactones) is 2. The van der Waals surface area contributed by atoms with Crippen LogP contribution in [0.5, 0.6) is 0 Å². The lowest BCUT2D eigenvalue weighted by molar-refractivity contribution is -0.257. The third kappa shape index (κ3) is 3.15. The summed E-state index contributed by atoms with van der Waals surface area (Å²) in [5, 5.41) is 12.0. The van der Waals surface area contributed by atoms with Crippen molar-refractivity contribution in [2.24, 2.45) is 35.0 Å². The van der Waals surface area contributed by atoms with E-state index in [9.17, 15) is 19.5 Å². The van der Waals surface area contributed by atoms with Crippen LogP contribution < -0.4 is 0 Å². The minimum absolute atomic E-state index is 0. The smallest absolute Gasteiger partial charge is 0.339 e. The molecule has 2 saturated carbocycles. The molecule has 0 amide bonds. The molecule has 3 N–H and O–H groups in total. The molecule has 0 radical (unpaired) electrons. The van der Waals surface area contributed by atoms with Crippen molar-refractivity contribution in [3.05, 3.63) is 23.5 Å². The van der Waals surface area contributed by atoms with Crippen LogP contribution in [-0.4, -0.2) is 51.6 Å². The van der Waals surface area contributed by atoms with Gasteiger partial charge in [0.05, 0.1) is 24.0 Å². The first kappa shape index (κ1) is 25.4. The zero-order valence-corrected chi connectivity index (χ0v) is 21.5. The van der Waals surface area contributed by atoms with Crippen molar-refractivity contribution in [3.8, 4) is 0 Å². The van der Waals surface area contributed by atoms with E-state index in [1.807, 2.05) is 27.7 Å². The zero-order chi connectivity index (χ0) is 25.1. The summed E-state index contributed by atoms with van der Waals surface area (Å²) in [5.74, 6) is -2.61. The van der Waals surface area contributed by atoms with Crippen LogP contribution in [0, 0.1) is 35.0 Å². The van der Waals surface area contributed by atoms with Crippen molar-refractivity contribution >= 4 is 17.9 Å². The van der Waals surface area contributed by atoms with Gasteiger partial charge in [-0.2, -0.15) is 0 Å². The minimum atomic E-state index is -1.20. The van der Waals surface area contributed by atoms with Gasteiger partial charge in [0.25, 0.3) is 0 Å². The summed E-state index contributed by atoms with van der Waals surface area (Å²) >= 11 is 0. The summed E-state index contributed by atoms with van der Waals surface area (Å²) in [6, 6.07) is 0. The maximum absolute atomic E-state index is 12.7. The molecule has 36 heavy (non-hydrogen) atoms. The molecule has 2 aliphatic carbocycles. The second-order valence-corrected chi connectivity index (χ2v) is 12.4. The van der Waals surface area contributed by atoms with Gasteiger partial charge >= 0.3 is 17.9 Å². The minimum Gasteiger partial charge on any atom is -0.459 e. The van der Waals surface area contributed by atoms with Gasteiger partial charge in [0.1, 0.15) is 11.4 Å². The SMILES string of the molecule is CC1=C/C(=C/[C@H](C)[C@@]23OC(=O)C[C@]2(C)[C@H]2C[C@]4(O)C[C@@H]5C(=O)OC(C)(C)[C@@H]5CC[C@@H]4[C@H]2O3)OC1=O.O. The Morgan fingerprint density at radius 1 is 1.06 bits per heavy atom. The van der Waals surface area contributed by atoms with Gasteiger partial charge in [-0.1, -0.05) is 13.8 Å². The molecule has 4 aliphatic heterocycles. The fourth-order valence-electron chi connectivity index (χ4n) is 8.37. The quantitative estimate of drug-likeness (QED) is 0.446. The molecule has 198 valence electrons. The number of rotatable bonds is 2. The number of fused-ring (bicyclic) bond motifs is 6. The fraction of sp³-hybridized carbons (Fsp3) is 0.741. The highest BCUT2D eigenvalue weighted by molar-refractivity contribution is 5.92. The summed E-state index contributed by atoms with van der Waals surface area (Å²) in [7, 11) is 0. The van der Waals surface area contributed by atoms with Crippen molar-refractivity contribution in [3.63, 3.8) is 0 Å². The van der Waals surface area contributed by atoms with Crippen LogP contribution in [0.4, 0.5) is 0 Å². The maximum Gasteiger partial charge on any atom is 0.339 e. The first-order valence-corrected chi connectivity index (χ1v) is 12.8. The Balaban J connectivity index is 0.00000267. The van der Waals surface area contributed by atoms with E-state index < -0.39 is 22.4 Å². The van der Waals surface area contributed by atoms with Crippen LogP contribution in [0.2, 0.25) is 0 Å². The monoisotopic (exact) mass is 504 g/mol. The van der Waals surface area contributed by atoms with Crippen LogP contribution in [0.3, 0.4) is 0 Å². The molecule has 0 aromatic heterocycles. The van der Waals surface area contributed by atoms with Crippen molar-refractivity contribution in [2.45, 2.75) is 89.8 Å². The average molecular weight is 505 g/mol. The number of carbonyl (C=O) groups is 3. The van der Waals surface area contributed by atoms with Gasteiger partial charge in [-0.25, -0.2) is 4.79 Å². The van der Waals surface area contributed by atoms with E-state index in [0.29, 0.717) is 30.6 Å². The van der Waals surface area contributed by atoms with Crippen molar-refractivity contribution < 1.29 is 43.9 Å². The lowest BCUT2D eigenvalue weighted by Gasteiger charge is -2.41. The molecule has 6 aliphatic rings. The lowest BCUT2D eigenvalue weighted by Crippen LogP contribution is -2.50. The predicted octanol–water partition coefficient (Wildman–Crippen LogP) is 2.35. The third-order valence-corrected chi connectivity index (χ3v) is 10.1. The Labute approximate surface area is 210 Å². The summed E-state index contributed by atoms with van der Waals surface area (Å²) in [4.78, 5) is 37.2. The highest BCUT2D eigenvalue weighted by Crippen LogP contribution is 2.69. The topological polar surface area (TPSA) is 140 Å². The number of allylic oxidation sites excluding steroid dienone is 1. The molecule has 0 aromatic rings. The van der Waals surface area contributed by atoms with Gasteiger partial charge in [0, 0.05) is 34.7 Å². The first-order valence-electron chi connectivity index (χ1n) is 12.8. The normalized spacial score (nSPS) is 48.1. The van der Waals surface area contributed by atoms with Crippen LogP contribution in [-0.2, 0) is 33.3 Å². The summed E-state index contributed by atoms with van der Waals surface area (Å²) in [5.41, 5.74) is -1.75. The molecule has 0 unspecified atom stereocenters. The summed E-state index contributed by atoms with van der Waals surface area (Å²) in [6.45, 7) is 9.54. The van der Waals surface area contributed by atoms with Crippen LogP contribution in [0.15, 0.2) is 23.5 Å². The van der Waals surface area contributed by atoms with Crippen molar-refractivity contribution in [1.29, 1.82) is 0 Å². The van der Waals surface area contributed by atoms with E-state index in [0.717, 1.165) is 6.42 Å². The van der Waals surface area contributed by atoms with Gasteiger partial charge in [-0.15, -0.1) is 0 Å². The first-order chi connectivity index (χ1) is 16.3. The Hall–Kier alpha value is -2.23. The molecule has 9 heteroatoms. The number of aliphatic hydroxyl groups is 1. The molecule has 9 atom stereocenters. The summed E-state index contributed by atoms with van der Waals surface area (Å²) in [6.07, 6.45) is 5.68. The molecule has 5 fully saturated rings. The van der Waals surface area contributed by atoms with E-state index in [-0.39, 0.29) is 65.5 Å². The highest BCUT2D eigenvalue weighted by Gasteiger charge is 2.77. The molecule has 0 aromatic carbocycles. The Bertz CT molecular complexity index is 1090. The molecular weight excluding hydrogens is 468 g/mol. The molecule has 6 rings (SSSR count). The van der Waals surface area contributed by atoms with Crippen LogP contribution in [0.1, 0.15) is 66.7 Å². The fourth-order valence-corrected chi connectivity index (χ4v) is 8.37. The van der Waals surface area contributed by atoms with E-state index in [1.54, 1.807) is 19.1 Å². The Kier molecular flexibility index (Phi) is 5.40. The maximum atomic E-state index is 12.7. The number of carbonyl (C=O) groups excluding carboxylic acids is 3. The van der Waals surface area contributed by atoms with E-state index >= 15 is 0 Å². The van der Waals surface area contributed by atoms with Gasteiger partial charge in [0.15, 0.2) is 0 Å². The van der Waals surface area contributed by atoms with Gasteiger partial charge < -0.3 is 29.5 Å². The number of esters is 3. The highest BCUT2D eigenvalue weighted by atomic mass is 16.7. The van der Waals surface area contributed by atoms with E-state index in [4.69, 9.17) is 18.9 Å². The Morgan fingerprint density at radius 3 is 2.42 bits per heavy atom. The van der Waals surface area contributed by atoms with Gasteiger partial charge in [-0.3, -0.25) is 9.59 Å². The second-order valence-electron chi connectivity index (χ2n) is 12.4. The molecule has 9 nitrogen and oxygen atoms in total. The van der Waals surface area contributed by atoms with Gasteiger partial charge in [-0.05, 0) is 58.6 Å². The lowest BCUT2D eigenvalue weighted by atomic mass is 9.66. The summed E-state index contributed by atoms with van der Waals surface area (Å²) < 4.78 is 23.8. The molecule has 0 spiro atoms. The molecular formula is C27H36O9. The number of ether oxygens (including phenoxy) is 4. The standard InChI is InChI=1S/C27H34O8.H2O/c1-13-8-15(32-22(13)29)9-14(2)27-25(5,12-20(28)33-27)19-11-26(31)10-16-17(24(3,4)35-23(16)30)6-7-18(26)21(19)34-27;/h8-9,14,16-19,21,31H,6-7,10-12H2,1-5H3;1H2/b15-9-;/t14-,16-,17+,18+,19-,21+,25+,26+,27-;/m0./s1. The largest absolute Gasteiger partial charge is 0.459 e. The Morgan fingerprint density at radius 2 is 1.75 bits per heavy atom. The van der Waals surface area contributed by atoms with Gasteiger partial charge in [0.2, 0.25) is 5.79 Å². The average Bonchev–Trinajstić information content (AvgIpc) is 3.38. The van der Waals surface area contributed by atoms with Crippen molar-refractivity contribution in [2.75, 3.05) is 0 Å². The molecule has 4 heterocycles. The van der Waals surface area contributed by atoms with Crippen molar-refractivity contribution in [1.82, 2.24) is 0 Å².